The van der Waals surface area contributed by atoms with Gasteiger partial charge in [0.15, 0.2) is 5.82 Å². The molecule has 2 fully saturated rings. The summed E-state index contributed by atoms with van der Waals surface area (Å²) in [5, 5.41) is 1.63. The van der Waals surface area contributed by atoms with E-state index in [1.165, 1.54) is 12.1 Å². The highest BCUT2D eigenvalue weighted by Crippen LogP contribution is 2.29. The number of rotatable bonds is 3. The van der Waals surface area contributed by atoms with E-state index >= 15 is 0 Å². The Morgan fingerprint density at radius 1 is 0.800 bits per heavy atom. The van der Waals surface area contributed by atoms with Crippen molar-refractivity contribution in [3.8, 4) is 0 Å². The van der Waals surface area contributed by atoms with E-state index in [0.717, 1.165) is 58.3 Å². The summed E-state index contributed by atoms with van der Waals surface area (Å²) in [5.74, 6) is 0.0358. The topological polar surface area (TPSA) is 44.2 Å². The van der Waals surface area contributed by atoms with Crippen molar-refractivity contribution in [2.24, 2.45) is 0 Å². The Morgan fingerprint density at radius 3 is 1.86 bits per heavy atom. The van der Waals surface area contributed by atoms with E-state index in [1.54, 1.807) is 6.08 Å². The summed E-state index contributed by atoms with van der Waals surface area (Å²) in [7, 11) is 0. The van der Waals surface area contributed by atoms with E-state index in [2.05, 4.69) is 32.5 Å². The maximum atomic E-state index is 14.0. The van der Waals surface area contributed by atoms with Crippen LogP contribution in [0.4, 0.5) is 8.78 Å². The maximum Gasteiger partial charge on any atom is 0.150 e. The first kappa shape index (κ1) is 24.0. The van der Waals surface area contributed by atoms with Crippen LogP contribution in [0.3, 0.4) is 0 Å². The number of fused-ring (bicyclic) bond motifs is 2. The van der Waals surface area contributed by atoms with Crippen molar-refractivity contribution >= 4 is 43.8 Å². The quantitative estimate of drug-likeness (QED) is 0.277. The molecular weight excluding hydrogens is 514 g/mol. The first-order valence-electron chi connectivity index (χ1n) is 11.7. The third kappa shape index (κ3) is 5.27. The molecule has 35 heavy (non-hydrogen) atoms. The van der Waals surface area contributed by atoms with Crippen LogP contribution in [0.2, 0.25) is 0 Å². The van der Waals surface area contributed by atoms with Crippen LogP contribution < -0.4 is 0 Å². The molecule has 0 saturated carbocycles. The number of pyridine rings is 2. The van der Waals surface area contributed by atoms with Crippen LogP contribution in [-0.4, -0.2) is 36.4 Å². The first-order valence-corrected chi connectivity index (χ1v) is 12.4. The van der Waals surface area contributed by atoms with Crippen LogP contribution in [0.15, 0.2) is 59.6 Å². The highest BCUT2D eigenvalue weighted by molar-refractivity contribution is 9.10. The zero-order valence-corrected chi connectivity index (χ0v) is 20.7. The molecule has 2 aromatic carbocycles. The van der Waals surface area contributed by atoms with Crippen LogP contribution in [-0.2, 0) is 9.47 Å². The molecule has 2 aliphatic heterocycles. The Balaban J connectivity index is 0.000000145. The molecule has 2 aliphatic rings. The van der Waals surface area contributed by atoms with Gasteiger partial charge >= 0.3 is 0 Å². The lowest BCUT2D eigenvalue weighted by molar-refractivity contribution is 0.193. The SMILES string of the molecule is C=Cc1cc(F)c2nc([C@H]3CCOC3)ccc2c1.Fc1cc(Br)cc2ccc(C3CCOC3)nc12. The molecule has 4 nitrogen and oxygen atoms in total. The monoisotopic (exact) mass is 538 g/mol. The highest BCUT2D eigenvalue weighted by atomic mass is 79.9. The van der Waals surface area contributed by atoms with Gasteiger partial charge < -0.3 is 9.47 Å². The molecule has 2 saturated heterocycles. The molecule has 0 aliphatic carbocycles. The van der Waals surface area contributed by atoms with Crippen molar-refractivity contribution in [3.05, 3.63) is 88.2 Å². The lowest BCUT2D eigenvalue weighted by atomic mass is 10.0. The Morgan fingerprint density at radius 2 is 1.34 bits per heavy atom. The van der Waals surface area contributed by atoms with Crippen molar-refractivity contribution in [1.29, 1.82) is 0 Å². The van der Waals surface area contributed by atoms with Gasteiger partial charge in [-0.1, -0.05) is 40.7 Å². The summed E-state index contributed by atoms with van der Waals surface area (Å²) in [6.45, 7) is 6.57. The predicted molar refractivity (Wildman–Crippen MR) is 138 cm³/mol. The number of nitrogens with zero attached hydrogens (tertiary/aromatic N) is 2. The molecule has 0 bridgehead atoms. The van der Waals surface area contributed by atoms with Gasteiger partial charge in [0.25, 0.3) is 0 Å². The Hall–Kier alpha value is -2.74. The van der Waals surface area contributed by atoms with E-state index in [1.807, 2.05) is 36.4 Å². The molecule has 0 radical (unpaired) electrons. The van der Waals surface area contributed by atoms with Gasteiger partial charge in [0.2, 0.25) is 0 Å². The number of ether oxygens (including phenoxy) is 2. The second kappa shape index (κ2) is 10.5. The fraction of sp³-hybridized carbons (Fsp3) is 0.286. The van der Waals surface area contributed by atoms with E-state index < -0.39 is 0 Å². The zero-order valence-electron chi connectivity index (χ0n) is 19.1. The Kier molecular flexibility index (Phi) is 7.18. The van der Waals surface area contributed by atoms with Gasteiger partial charge in [0, 0.05) is 51.7 Å². The van der Waals surface area contributed by atoms with Crippen LogP contribution in [0, 0.1) is 11.6 Å². The van der Waals surface area contributed by atoms with Crippen LogP contribution in [0.1, 0.15) is 41.6 Å². The third-order valence-corrected chi connectivity index (χ3v) is 6.91. The summed E-state index contributed by atoms with van der Waals surface area (Å²) in [4.78, 5) is 8.86. The minimum absolute atomic E-state index is 0.282. The molecule has 0 amide bonds. The minimum atomic E-state index is -0.289. The molecule has 7 heteroatoms. The minimum Gasteiger partial charge on any atom is -0.381 e. The Labute approximate surface area is 211 Å². The lowest BCUT2D eigenvalue weighted by Crippen LogP contribution is -2.01. The molecule has 4 heterocycles. The Bertz CT molecular complexity index is 1380. The molecule has 2 atom stereocenters. The van der Waals surface area contributed by atoms with Gasteiger partial charge in [0.1, 0.15) is 16.9 Å². The highest BCUT2D eigenvalue weighted by Gasteiger charge is 2.21. The van der Waals surface area contributed by atoms with Crippen molar-refractivity contribution < 1.29 is 18.3 Å². The fourth-order valence-electron chi connectivity index (χ4n) is 4.51. The van der Waals surface area contributed by atoms with Crippen molar-refractivity contribution in [1.82, 2.24) is 9.97 Å². The summed E-state index contributed by atoms with van der Waals surface area (Å²) in [6.07, 6.45) is 3.57. The van der Waals surface area contributed by atoms with E-state index in [-0.39, 0.29) is 11.6 Å². The molecule has 180 valence electrons. The number of benzene rings is 2. The third-order valence-electron chi connectivity index (χ3n) is 6.45. The van der Waals surface area contributed by atoms with E-state index in [9.17, 15) is 8.78 Å². The molecule has 1 unspecified atom stereocenters. The van der Waals surface area contributed by atoms with E-state index in [0.29, 0.717) is 36.1 Å². The van der Waals surface area contributed by atoms with Crippen LogP contribution >= 0.6 is 15.9 Å². The number of aromatic nitrogens is 2. The van der Waals surface area contributed by atoms with Crippen LogP contribution in [0.25, 0.3) is 27.9 Å². The van der Waals surface area contributed by atoms with Gasteiger partial charge in [-0.2, -0.15) is 0 Å². The number of halogens is 3. The van der Waals surface area contributed by atoms with Gasteiger partial charge in [-0.25, -0.2) is 18.7 Å². The van der Waals surface area contributed by atoms with Gasteiger partial charge in [-0.05, 0) is 54.8 Å². The van der Waals surface area contributed by atoms with E-state index in [4.69, 9.17) is 9.47 Å². The molecular formula is C28H25BrF2N2O2. The summed E-state index contributed by atoms with van der Waals surface area (Å²) in [5.41, 5.74) is 3.50. The second-order valence-corrected chi connectivity index (χ2v) is 9.75. The second-order valence-electron chi connectivity index (χ2n) is 8.83. The molecule has 6 rings (SSSR count). The maximum absolute atomic E-state index is 14.0. The standard InChI is InChI=1S/C15H14FNO.C13H11BrFNO/c1-2-10-7-11-3-4-14(12-5-6-18-9-12)17-15(11)13(16)8-10;14-10-5-8-1-2-12(9-3-4-17-7-9)16-13(8)11(15)6-10/h2-4,7-8,12H,1,5-6,9H2;1-2,5-6,9H,3-4,7H2/t12-;/m0./s1. The van der Waals surface area contributed by atoms with Gasteiger partial charge in [0.05, 0.1) is 13.2 Å². The number of hydrogen-bond acceptors (Lipinski definition) is 4. The first-order chi connectivity index (χ1) is 17.0. The van der Waals surface area contributed by atoms with Crippen molar-refractivity contribution in [3.63, 3.8) is 0 Å². The average molecular weight is 539 g/mol. The molecule has 0 N–H and O–H groups in total. The number of hydrogen-bond donors (Lipinski definition) is 0. The molecule has 4 aromatic rings. The molecule has 2 aromatic heterocycles. The largest absolute Gasteiger partial charge is 0.381 e. The normalized spacial score (nSPS) is 19.6. The lowest BCUT2D eigenvalue weighted by Gasteiger charge is -2.09. The fourth-order valence-corrected chi connectivity index (χ4v) is 4.96. The van der Waals surface area contributed by atoms with Crippen molar-refractivity contribution in [2.45, 2.75) is 24.7 Å². The van der Waals surface area contributed by atoms with Crippen LogP contribution in [0.5, 0.6) is 0 Å². The smallest absolute Gasteiger partial charge is 0.150 e. The summed E-state index contributed by atoms with van der Waals surface area (Å²) in [6, 6.07) is 14.5. The van der Waals surface area contributed by atoms with Crippen molar-refractivity contribution in [2.75, 3.05) is 26.4 Å². The summed E-state index contributed by atoms with van der Waals surface area (Å²) < 4.78 is 39.2. The summed E-state index contributed by atoms with van der Waals surface area (Å²) >= 11 is 3.28. The predicted octanol–water partition coefficient (Wildman–Crippen LogP) is 7.16. The van der Waals surface area contributed by atoms with Gasteiger partial charge in [-0.15, -0.1) is 0 Å². The van der Waals surface area contributed by atoms with Gasteiger partial charge in [-0.3, -0.25) is 0 Å². The average Bonchev–Trinajstić information content (AvgIpc) is 3.59. The molecule has 0 spiro atoms. The zero-order chi connectivity index (χ0) is 24.4.